The Balaban J connectivity index is 2.53. The van der Waals surface area contributed by atoms with Crippen molar-refractivity contribution in [3.63, 3.8) is 0 Å². The molecule has 0 amide bonds. The van der Waals surface area contributed by atoms with Gasteiger partial charge in [0.05, 0.1) is 18.7 Å². The van der Waals surface area contributed by atoms with E-state index in [2.05, 4.69) is 31.9 Å². The van der Waals surface area contributed by atoms with Crippen LogP contribution in [0.5, 0.6) is 11.5 Å². The maximum Gasteiger partial charge on any atom is 0.133 e. The molecule has 0 aromatic heterocycles. The van der Waals surface area contributed by atoms with Crippen LogP contribution in [0.2, 0.25) is 0 Å². The largest absolute Gasteiger partial charge is 0.496 e. The number of benzene rings is 2. The molecule has 1 atom stereocenters. The van der Waals surface area contributed by atoms with Gasteiger partial charge in [-0.15, -0.1) is 0 Å². The zero-order valence-corrected chi connectivity index (χ0v) is 14.5. The lowest BCUT2D eigenvalue weighted by atomic mass is 10.00. The van der Waals surface area contributed by atoms with E-state index in [1.807, 2.05) is 0 Å². The maximum atomic E-state index is 14.0. The van der Waals surface area contributed by atoms with Crippen molar-refractivity contribution >= 4 is 31.9 Å². The Labute approximate surface area is 139 Å². The third kappa shape index (κ3) is 3.39. The second kappa shape index (κ2) is 6.77. The summed E-state index contributed by atoms with van der Waals surface area (Å²) < 4.78 is 25.8. The molecule has 0 aliphatic carbocycles. The summed E-state index contributed by atoms with van der Waals surface area (Å²) in [6, 6.07) is 7.80. The summed E-state index contributed by atoms with van der Waals surface area (Å²) in [5, 5.41) is 10.5. The molecule has 0 spiro atoms. The van der Waals surface area contributed by atoms with Gasteiger partial charge in [-0.05, 0) is 40.2 Å². The SMILES string of the molecule is COc1cc(C(O)c2ccc(Br)cc2F)c(OC)cc1Br. The zero-order chi connectivity index (χ0) is 15.6. The smallest absolute Gasteiger partial charge is 0.133 e. The number of methoxy groups -OCH3 is 2. The third-order valence-corrected chi connectivity index (χ3v) is 4.17. The lowest BCUT2D eigenvalue weighted by Crippen LogP contribution is -2.05. The van der Waals surface area contributed by atoms with Crippen molar-refractivity contribution < 1.29 is 19.0 Å². The second-order valence-electron chi connectivity index (χ2n) is 4.30. The molecule has 2 aromatic rings. The Kier molecular flexibility index (Phi) is 5.24. The molecule has 0 aliphatic heterocycles. The minimum Gasteiger partial charge on any atom is -0.496 e. The van der Waals surface area contributed by atoms with Crippen LogP contribution >= 0.6 is 31.9 Å². The van der Waals surface area contributed by atoms with Gasteiger partial charge < -0.3 is 14.6 Å². The summed E-state index contributed by atoms with van der Waals surface area (Å²) in [6.07, 6.45) is -1.16. The standard InChI is InChI=1S/C15H13Br2FO3/c1-20-13-7-11(17)14(21-2)6-10(13)15(19)9-4-3-8(16)5-12(9)18/h3-7,15,19H,1-2H3. The first-order chi connectivity index (χ1) is 9.97. The number of aliphatic hydroxyl groups excluding tert-OH is 1. The average molecular weight is 420 g/mol. The highest BCUT2D eigenvalue weighted by atomic mass is 79.9. The Morgan fingerprint density at radius 1 is 1.00 bits per heavy atom. The maximum absolute atomic E-state index is 14.0. The Hall–Kier alpha value is -1.11. The fourth-order valence-corrected chi connectivity index (χ4v) is 2.81. The van der Waals surface area contributed by atoms with Crippen LogP contribution in [0.15, 0.2) is 39.3 Å². The van der Waals surface area contributed by atoms with Gasteiger partial charge in [-0.1, -0.05) is 22.0 Å². The van der Waals surface area contributed by atoms with Crippen molar-refractivity contribution in [3.05, 3.63) is 56.2 Å². The molecule has 1 N–H and O–H groups in total. The van der Waals surface area contributed by atoms with E-state index in [0.717, 1.165) is 0 Å². The minimum atomic E-state index is -1.16. The van der Waals surface area contributed by atoms with E-state index in [1.165, 1.54) is 26.4 Å². The van der Waals surface area contributed by atoms with Gasteiger partial charge in [0.1, 0.15) is 23.4 Å². The highest BCUT2D eigenvalue weighted by Crippen LogP contribution is 2.38. The highest BCUT2D eigenvalue weighted by molar-refractivity contribution is 9.10. The monoisotopic (exact) mass is 418 g/mol. The van der Waals surface area contributed by atoms with E-state index >= 15 is 0 Å². The number of hydrogen-bond donors (Lipinski definition) is 1. The molecule has 0 fully saturated rings. The normalized spacial score (nSPS) is 12.1. The summed E-state index contributed by atoms with van der Waals surface area (Å²) in [5.41, 5.74) is 0.597. The van der Waals surface area contributed by atoms with Gasteiger partial charge in [0.15, 0.2) is 0 Å². The molecule has 21 heavy (non-hydrogen) atoms. The number of hydrogen-bond acceptors (Lipinski definition) is 3. The molecule has 6 heteroatoms. The van der Waals surface area contributed by atoms with Gasteiger partial charge in [-0.3, -0.25) is 0 Å². The highest BCUT2D eigenvalue weighted by Gasteiger charge is 2.21. The van der Waals surface area contributed by atoms with Crippen LogP contribution < -0.4 is 9.47 Å². The topological polar surface area (TPSA) is 38.7 Å². The van der Waals surface area contributed by atoms with Crippen LogP contribution in [0.3, 0.4) is 0 Å². The molecule has 2 rings (SSSR count). The Morgan fingerprint density at radius 2 is 1.67 bits per heavy atom. The van der Waals surface area contributed by atoms with Crippen LogP contribution in [0.25, 0.3) is 0 Å². The lowest BCUT2D eigenvalue weighted by molar-refractivity contribution is 0.209. The van der Waals surface area contributed by atoms with Crippen LogP contribution in [-0.2, 0) is 0 Å². The number of rotatable bonds is 4. The van der Waals surface area contributed by atoms with Crippen molar-refractivity contribution in [1.82, 2.24) is 0 Å². The molecule has 1 unspecified atom stereocenters. The molecule has 3 nitrogen and oxygen atoms in total. The van der Waals surface area contributed by atoms with Crippen molar-refractivity contribution in [2.75, 3.05) is 14.2 Å². The number of ether oxygens (including phenoxy) is 2. The van der Waals surface area contributed by atoms with E-state index in [-0.39, 0.29) is 5.56 Å². The fraction of sp³-hybridized carbons (Fsp3) is 0.200. The van der Waals surface area contributed by atoms with Crippen molar-refractivity contribution in [3.8, 4) is 11.5 Å². The van der Waals surface area contributed by atoms with Gasteiger partial charge in [-0.25, -0.2) is 4.39 Å². The third-order valence-electron chi connectivity index (χ3n) is 3.06. The molecule has 112 valence electrons. The molecule has 0 radical (unpaired) electrons. The summed E-state index contributed by atoms with van der Waals surface area (Å²) in [6.45, 7) is 0. The first-order valence-electron chi connectivity index (χ1n) is 6.02. The lowest BCUT2D eigenvalue weighted by Gasteiger charge is -2.18. The van der Waals surface area contributed by atoms with Gasteiger partial charge in [-0.2, -0.15) is 0 Å². The molecule has 0 saturated heterocycles. The van der Waals surface area contributed by atoms with E-state index in [0.29, 0.717) is 26.0 Å². The first-order valence-corrected chi connectivity index (χ1v) is 7.61. The van der Waals surface area contributed by atoms with E-state index < -0.39 is 11.9 Å². The molecule has 0 aliphatic rings. The summed E-state index contributed by atoms with van der Waals surface area (Å²) >= 11 is 6.53. The Morgan fingerprint density at radius 3 is 2.24 bits per heavy atom. The minimum absolute atomic E-state index is 0.167. The molecular weight excluding hydrogens is 407 g/mol. The average Bonchev–Trinajstić information content (AvgIpc) is 2.46. The van der Waals surface area contributed by atoms with Crippen molar-refractivity contribution in [1.29, 1.82) is 0 Å². The molecule has 0 saturated carbocycles. The van der Waals surface area contributed by atoms with Crippen LogP contribution in [0, 0.1) is 5.82 Å². The quantitative estimate of drug-likeness (QED) is 0.795. The summed E-state index contributed by atoms with van der Waals surface area (Å²) in [5.74, 6) is 0.473. The van der Waals surface area contributed by atoms with E-state index in [1.54, 1.807) is 18.2 Å². The van der Waals surface area contributed by atoms with Crippen LogP contribution in [0.4, 0.5) is 4.39 Å². The van der Waals surface area contributed by atoms with Crippen molar-refractivity contribution in [2.24, 2.45) is 0 Å². The van der Waals surface area contributed by atoms with Crippen molar-refractivity contribution in [2.45, 2.75) is 6.10 Å². The van der Waals surface area contributed by atoms with Gasteiger partial charge in [0.2, 0.25) is 0 Å². The van der Waals surface area contributed by atoms with E-state index in [9.17, 15) is 9.50 Å². The van der Waals surface area contributed by atoms with Crippen LogP contribution in [-0.4, -0.2) is 19.3 Å². The van der Waals surface area contributed by atoms with Gasteiger partial charge in [0.25, 0.3) is 0 Å². The van der Waals surface area contributed by atoms with Gasteiger partial charge in [0, 0.05) is 15.6 Å². The molecule has 0 bridgehead atoms. The molecule has 0 heterocycles. The fourth-order valence-electron chi connectivity index (χ4n) is 1.99. The number of aliphatic hydroxyl groups is 1. The van der Waals surface area contributed by atoms with Crippen LogP contribution in [0.1, 0.15) is 17.2 Å². The van der Waals surface area contributed by atoms with Gasteiger partial charge >= 0.3 is 0 Å². The number of halogens is 3. The Bertz CT molecular complexity index is 662. The summed E-state index contributed by atoms with van der Waals surface area (Å²) in [7, 11) is 3.01. The molecule has 2 aromatic carbocycles. The second-order valence-corrected chi connectivity index (χ2v) is 6.07. The molecular formula is C15H13Br2FO3. The summed E-state index contributed by atoms with van der Waals surface area (Å²) in [4.78, 5) is 0. The predicted octanol–water partition coefficient (Wildman–Crippen LogP) is 4.45. The van der Waals surface area contributed by atoms with E-state index in [4.69, 9.17) is 9.47 Å². The predicted molar refractivity (Wildman–Crippen MR) is 85.4 cm³/mol. The first kappa shape index (κ1) is 16.3. The zero-order valence-electron chi connectivity index (χ0n) is 11.4.